The van der Waals surface area contributed by atoms with Gasteiger partial charge in [-0.1, -0.05) is 0 Å². The maximum atomic E-state index is 13.1. The summed E-state index contributed by atoms with van der Waals surface area (Å²) in [4.78, 5) is 24.1. The fraction of sp³-hybridized carbons (Fsp3) is 0.0588. The molecule has 1 heterocycles. The number of carbonyl (C=O) groups is 2. The van der Waals surface area contributed by atoms with Crippen molar-refractivity contribution >= 4 is 33.2 Å². The minimum absolute atomic E-state index is 0.262. The van der Waals surface area contributed by atoms with Crippen LogP contribution in [-0.2, 0) is 4.74 Å². The van der Waals surface area contributed by atoms with Gasteiger partial charge in [0.2, 0.25) is 0 Å². The number of carbonyl (C=O) groups excluding carboxylic acids is 2. The van der Waals surface area contributed by atoms with Crippen LogP contribution in [0.15, 0.2) is 48.5 Å². The molecule has 0 amide bonds. The van der Waals surface area contributed by atoms with Gasteiger partial charge in [0, 0.05) is 10.3 Å². The van der Waals surface area contributed by atoms with Gasteiger partial charge in [0.1, 0.15) is 16.5 Å². The number of benzene rings is 2. The first kappa shape index (κ1) is 15.3. The van der Waals surface area contributed by atoms with Crippen LogP contribution < -0.4 is 0 Å². The summed E-state index contributed by atoms with van der Waals surface area (Å²) >= 11 is 1.16. The van der Waals surface area contributed by atoms with Crippen LogP contribution in [0.4, 0.5) is 8.78 Å². The van der Waals surface area contributed by atoms with Crippen LogP contribution in [0.1, 0.15) is 20.0 Å². The fourth-order valence-corrected chi connectivity index (χ4v) is 2.97. The van der Waals surface area contributed by atoms with Crippen molar-refractivity contribution in [2.24, 2.45) is 0 Å². The number of thiophene rings is 1. The predicted molar refractivity (Wildman–Crippen MR) is 82.8 cm³/mol. The maximum Gasteiger partial charge on any atom is 0.348 e. The Kier molecular flexibility index (Phi) is 4.16. The number of esters is 1. The van der Waals surface area contributed by atoms with E-state index >= 15 is 0 Å². The van der Waals surface area contributed by atoms with Crippen molar-refractivity contribution in [1.82, 2.24) is 0 Å². The highest BCUT2D eigenvalue weighted by Crippen LogP contribution is 2.26. The summed E-state index contributed by atoms with van der Waals surface area (Å²) in [6.07, 6.45) is 0. The minimum Gasteiger partial charge on any atom is -0.453 e. The van der Waals surface area contributed by atoms with Gasteiger partial charge in [-0.2, -0.15) is 0 Å². The number of ether oxygens (including phenoxy) is 1. The summed E-state index contributed by atoms with van der Waals surface area (Å²) in [5.74, 6) is -1.91. The minimum atomic E-state index is -0.651. The van der Waals surface area contributed by atoms with E-state index in [1.54, 1.807) is 6.07 Å². The Balaban J connectivity index is 1.68. The average Bonchev–Trinajstić information content (AvgIpc) is 2.96. The van der Waals surface area contributed by atoms with Gasteiger partial charge in [0.25, 0.3) is 0 Å². The third-order valence-corrected chi connectivity index (χ3v) is 4.28. The number of ketones is 1. The first-order valence-corrected chi connectivity index (χ1v) is 7.49. The lowest BCUT2D eigenvalue weighted by Gasteiger charge is -2.02. The molecule has 3 rings (SSSR count). The molecule has 0 N–H and O–H groups in total. The normalized spacial score (nSPS) is 10.7. The van der Waals surface area contributed by atoms with Crippen molar-refractivity contribution in [2.75, 3.05) is 6.61 Å². The maximum absolute atomic E-state index is 13.1. The fourth-order valence-electron chi connectivity index (χ4n) is 2.04. The van der Waals surface area contributed by atoms with Crippen molar-refractivity contribution in [3.63, 3.8) is 0 Å². The van der Waals surface area contributed by atoms with Gasteiger partial charge in [0.15, 0.2) is 12.4 Å². The second-order valence-corrected chi connectivity index (χ2v) is 5.88. The summed E-state index contributed by atoms with van der Waals surface area (Å²) in [6.45, 7) is -0.437. The van der Waals surface area contributed by atoms with Gasteiger partial charge in [-0.25, -0.2) is 13.6 Å². The second kappa shape index (κ2) is 6.26. The van der Waals surface area contributed by atoms with E-state index in [9.17, 15) is 18.4 Å². The average molecular weight is 332 g/mol. The van der Waals surface area contributed by atoms with Gasteiger partial charge < -0.3 is 4.74 Å². The number of fused-ring (bicyclic) bond motifs is 1. The van der Waals surface area contributed by atoms with E-state index in [1.807, 2.05) is 0 Å². The highest BCUT2D eigenvalue weighted by molar-refractivity contribution is 7.20. The van der Waals surface area contributed by atoms with Gasteiger partial charge in [-0.3, -0.25) is 4.79 Å². The van der Waals surface area contributed by atoms with Crippen LogP contribution in [-0.4, -0.2) is 18.4 Å². The Morgan fingerprint density at radius 2 is 1.65 bits per heavy atom. The van der Waals surface area contributed by atoms with E-state index in [0.717, 1.165) is 28.2 Å². The number of Topliss-reactive ketones (excluding diaryl/α,β-unsaturated/α-hetero) is 1. The monoisotopic (exact) mass is 332 g/mol. The van der Waals surface area contributed by atoms with E-state index in [-0.39, 0.29) is 16.3 Å². The molecule has 1 aromatic heterocycles. The lowest BCUT2D eigenvalue weighted by atomic mass is 10.1. The molecule has 0 saturated carbocycles. The van der Waals surface area contributed by atoms with E-state index in [4.69, 9.17) is 4.74 Å². The lowest BCUT2D eigenvalue weighted by molar-refractivity contribution is 0.0479. The van der Waals surface area contributed by atoms with Gasteiger partial charge in [0.05, 0.1) is 0 Å². The summed E-state index contributed by atoms with van der Waals surface area (Å²) in [5.41, 5.74) is 0.262. The first-order chi connectivity index (χ1) is 11.0. The molecule has 0 fully saturated rings. The van der Waals surface area contributed by atoms with Crippen LogP contribution in [0.5, 0.6) is 0 Å². The standard InChI is InChI=1S/C17H10F2O3S/c18-12-3-1-10(2-4-12)14(20)9-22-17(21)16-8-11-7-13(19)5-6-15(11)23-16/h1-8H,9H2. The smallest absolute Gasteiger partial charge is 0.348 e. The molecule has 23 heavy (non-hydrogen) atoms. The zero-order valence-corrected chi connectivity index (χ0v) is 12.5. The predicted octanol–water partition coefficient (Wildman–Crippen LogP) is 4.22. The van der Waals surface area contributed by atoms with Crippen LogP contribution in [0.25, 0.3) is 10.1 Å². The Hall–Kier alpha value is -2.60. The van der Waals surface area contributed by atoms with Crippen molar-refractivity contribution in [3.05, 3.63) is 70.6 Å². The Labute approximate surface area is 134 Å². The van der Waals surface area contributed by atoms with Crippen LogP contribution in [0.3, 0.4) is 0 Å². The molecule has 0 bridgehead atoms. The van der Waals surface area contributed by atoms with E-state index in [0.29, 0.717) is 5.39 Å². The molecular weight excluding hydrogens is 322 g/mol. The van der Waals surface area contributed by atoms with Crippen LogP contribution in [0, 0.1) is 11.6 Å². The highest BCUT2D eigenvalue weighted by Gasteiger charge is 2.15. The quantitative estimate of drug-likeness (QED) is 0.531. The largest absolute Gasteiger partial charge is 0.453 e. The lowest BCUT2D eigenvalue weighted by Crippen LogP contribution is -2.13. The third-order valence-electron chi connectivity index (χ3n) is 3.18. The summed E-state index contributed by atoms with van der Waals surface area (Å²) < 4.78 is 31.6. The summed E-state index contributed by atoms with van der Waals surface area (Å²) in [6, 6.07) is 10.7. The van der Waals surface area contributed by atoms with Crippen molar-refractivity contribution in [3.8, 4) is 0 Å². The molecule has 116 valence electrons. The van der Waals surface area contributed by atoms with E-state index in [2.05, 4.69) is 0 Å². The molecule has 0 aliphatic heterocycles. The van der Waals surface area contributed by atoms with Crippen molar-refractivity contribution in [1.29, 1.82) is 0 Å². The van der Waals surface area contributed by atoms with Gasteiger partial charge >= 0.3 is 5.97 Å². The second-order valence-electron chi connectivity index (χ2n) is 4.80. The molecule has 0 spiro atoms. The Morgan fingerprint density at radius 3 is 2.39 bits per heavy atom. The molecule has 0 unspecified atom stereocenters. The molecule has 0 atom stereocenters. The highest BCUT2D eigenvalue weighted by atomic mass is 32.1. The molecule has 2 aromatic carbocycles. The Bertz CT molecular complexity index is 884. The van der Waals surface area contributed by atoms with E-state index in [1.165, 1.54) is 30.3 Å². The molecule has 0 aliphatic rings. The Morgan fingerprint density at radius 1 is 0.957 bits per heavy atom. The number of rotatable bonds is 4. The molecule has 6 heteroatoms. The van der Waals surface area contributed by atoms with Gasteiger partial charge in [-0.05, 0) is 53.9 Å². The number of hydrogen-bond acceptors (Lipinski definition) is 4. The molecular formula is C17H10F2O3S. The van der Waals surface area contributed by atoms with Crippen molar-refractivity contribution in [2.45, 2.75) is 0 Å². The first-order valence-electron chi connectivity index (χ1n) is 6.68. The third kappa shape index (κ3) is 3.43. The summed E-state index contributed by atoms with van der Waals surface area (Å²) in [5, 5.41) is 0.604. The van der Waals surface area contributed by atoms with Crippen LogP contribution >= 0.6 is 11.3 Å². The van der Waals surface area contributed by atoms with E-state index < -0.39 is 24.2 Å². The zero-order valence-electron chi connectivity index (χ0n) is 11.7. The molecule has 0 aliphatic carbocycles. The van der Waals surface area contributed by atoms with Crippen molar-refractivity contribution < 1.29 is 23.1 Å². The SMILES string of the molecule is O=C(COC(=O)c1cc2cc(F)ccc2s1)c1ccc(F)cc1. The van der Waals surface area contributed by atoms with Crippen LogP contribution in [0.2, 0.25) is 0 Å². The number of halogens is 2. The topological polar surface area (TPSA) is 43.4 Å². The number of hydrogen-bond donors (Lipinski definition) is 0. The molecule has 0 saturated heterocycles. The molecule has 3 nitrogen and oxygen atoms in total. The molecule has 3 aromatic rings. The molecule has 0 radical (unpaired) electrons. The van der Waals surface area contributed by atoms with Gasteiger partial charge in [-0.15, -0.1) is 11.3 Å². The summed E-state index contributed by atoms with van der Waals surface area (Å²) in [7, 11) is 0. The zero-order chi connectivity index (χ0) is 16.4.